The number of carbonyl (C=O) groups is 1. The lowest BCUT2D eigenvalue weighted by molar-refractivity contribution is -0.136. The smallest absolute Gasteiger partial charge is 0.225 e. The summed E-state index contributed by atoms with van der Waals surface area (Å²) in [5.74, 6) is 1.38. The molecule has 2 fully saturated rings. The van der Waals surface area contributed by atoms with Crippen molar-refractivity contribution < 1.29 is 4.79 Å². The summed E-state index contributed by atoms with van der Waals surface area (Å²) in [6.45, 7) is 4.13. The van der Waals surface area contributed by atoms with Crippen LogP contribution < -0.4 is 0 Å². The minimum atomic E-state index is 0.351. The Hall–Kier alpha value is -0.0500. The van der Waals surface area contributed by atoms with Crippen LogP contribution in [0.1, 0.15) is 39.0 Å². The van der Waals surface area contributed by atoms with E-state index in [0.717, 1.165) is 32.4 Å². The van der Waals surface area contributed by atoms with E-state index in [0.29, 0.717) is 22.6 Å². The highest BCUT2D eigenvalue weighted by molar-refractivity contribution is 9.09. The van der Waals surface area contributed by atoms with Crippen molar-refractivity contribution >= 4 is 21.8 Å². The van der Waals surface area contributed by atoms with Gasteiger partial charge in [0.15, 0.2) is 0 Å². The van der Waals surface area contributed by atoms with Gasteiger partial charge in [-0.15, -0.1) is 0 Å². The molecule has 2 atom stereocenters. The van der Waals surface area contributed by atoms with Crippen molar-refractivity contribution in [1.82, 2.24) is 4.90 Å². The van der Waals surface area contributed by atoms with Crippen LogP contribution in [0.4, 0.5) is 0 Å². The molecule has 2 unspecified atom stereocenters. The van der Waals surface area contributed by atoms with Crippen molar-refractivity contribution in [3.63, 3.8) is 0 Å². The van der Waals surface area contributed by atoms with Gasteiger partial charge in [-0.05, 0) is 25.2 Å². The second kappa shape index (κ2) is 4.86. The van der Waals surface area contributed by atoms with Gasteiger partial charge in [0.2, 0.25) is 5.91 Å². The largest absolute Gasteiger partial charge is 0.342 e. The predicted octanol–water partition coefficient (Wildman–Crippen LogP) is 2.81. The van der Waals surface area contributed by atoms with Crippen LogP contribution in [-0.4, -0.2) is 28.7 Å². The van der Waals surface area contributed by atoms with Crippen LogP contribution in [0.5, 0.6) is 0 Å². The summed E-state index contributed by atoms with van der Waals surface area (Å²) in [6, 6.07) is 0. The fourth-order valence-corrected chi connectivity index (χ4v) is 3.12. The second-order valence-corrected chi connectivity index (χ2v) is 6.22. The molecule has 0 radical (unpaired) electrons. The van der Waals surface area contributed by atoms with Crippen LogP contribution in [0.15, 0.2) is 0 Å². The normalized spacial score (nSPS) is 33.3. The molecule has 1 aliphatic heterocycles. The molecule has 1 saturated heterocycles. The average molecular weight is 274 g/mol. The first-order valence-corrected chi connectivity index (χ1v) is 7.03. The third-order valence-electron chi connectivity index (χ3n) is 3.82. The lowest BCUT2D eigenvalue weighted by Crippen LogP contribution is -2.45. The number of alkyl halides is 1. The Kier molecular flexibility index (Phi) is 3.70. The second-order valence-electron chi connectivity index (χ2n) is 5.05. The summed E-state index contributed by atoms with van der Waals surface area (Å²) >= 11 is 3.68. The number of halogens is 1. The molecule has 0 spiro atoms. The van der Waals surface area contributed by atoms with Gasteiger partial charge < -0.3 is 4.90 Å². The van der Waals surface area contributed by atoms with Crippen LogP contribution in [0.3, 0.4) is 0 Å². The van der Waals surface area contributed by atoms with Crippen LogP contribution in [0.2, 0.25) is 0 Å². The summed E-state index contributed by atoms with van der Waals surface area (Å²) in [7, 11) is 0. The number of amides is 1. The first-order chi connectivity index (χ1) is 7.18. The molecule has 0 aromatic carbocycles. The summed E-state index contributed by atoms with van der Waals surface area (Å²) in [5.41, 5.74) is 0. The topological polar surface area (TPSA) is 20.3 Å². The maximum atomic E-state index is 12.2. The number of hydrogen-bond acceptors (Lipinski definition) is 1. The summed E-state index contributed by atoms with van der Waals surface area (Å²) in [5, 5.41) is 0. The Labute approximate surface area is 101 Å². The molecule has 0 bridgehead atoms. The van der Waals surface area contributed by atoms with Gasteiger partial charge >= 0.3 is 0 Å². The molecule has 86 valence electrons. The van der Waals surface area contributed by atoms with Gasteiger partial charge in [0.25, 0.3) is 0 Å². The van der Waals surface area contributed by atoms with Crippen molar-refractivity contribution in [1.29, 1.82) is 0 Å². The number of piperidine rings is 1. The maximum absolute atomic E-state index is 12.2. The van der Waals surface area contributed by atoms with E-state index in [2.05, 4.69) is 27.8 Å². The standard InChI is InChI=1S/C12H20BrNO/c1-9-8-14(7-6-11(9)13)12(15)10-4-2-3-5-10/h9-11H,2-8H2,1H3. The molecule has 1 saturated carbocycles. The Morgan fingerprint density at radius 3 is 2.53 bits per heavy atom. The maximum Gasteiger partial charge on any atom is 0.225 e. The molecule has 1 amide bonds. The average Bonchev–Trinajstić information content (AvgIpc) is 2.74. The number of hydrogen-bond donors (Lipinski definition) is 0. The molecule has 2 rings (SSSR count). The van der Waals surface area contributed by atoms with Gasteiger partial charge in [0, 0.05) is 23.8 Å². The lowest BCUT2D eigenvalue weighted by atomic mass is 9.97. The van der Waals surface area contributed by atoms with Gasteiger partial charge in [-0.2, -0.15) is 0 Å². The zero-order valence-corrected chi connectivity index (χ0v) is 11.0. The van der Waals surface area contributed by atoms with E-state index in [4.69, 9.17) is 0 Å². The zero-order valence-electron chi connectivity index (χ0n) is 9.42. The van der Waals surface area contributed by atoms with Crippen molar-refractivity contribution in [2.75, 3.05) is 13.1 Å². The molecule has 2 aliphatic rings. The van der Waals surface area contributed by atoms with Crippen molar-refractivity contribution in [3.05, 3.63) is 0 Å². The number of carbonyl (C=O) groups excluding carboxylic acids is 1. The number of rotatable bonds is 1. The highest BCUT2D eigenvalue weighted by Gasteiger charge is 2.31. The third kappa shape index (κ3) is 2.55. The lowest BCUT2D eigenvalue weighted by Gasteiger charge is -2.35. The van der Waals surface area contributed by atoms with E-state index in [1.807, 2.05) is 0 Å². The molecule has 0 aromatic rings. The quantitative estimate of drug-likeness (QED) is 0.673. The molecule has 1 heterocycles. The first-order valence-electron chi connectivity index (χ1n) is 6.11. The Balaban J connectivity index is 1.90. The van der Waals surface area contributed by atoms with Crippen molar-refractivity contribution in [2.24, 2.45) is 11.8 Å². The SMILES string of the molecule is CC1CN(C(=O)C2CCCC2)CCC1Br. The molecule has 1 aliphatic carbocycles. The molecule has 15 heavy (non-hydrogen) atoms. The molecular formula is C12H20BrNO. The third-order valence-corrected chi connectivity index (χ3v) is 5.18. The highest BCUT2D eigenvalue weighted by Crippen LogP contribution is 2.29. The highest BCUT2D eigenvalue weighted by atomic mass is 79.9. The van der Waals surface area contributed by atoms with Crippen molar-refractivity contribution in [3.8, 4) is 0 Å². The monoisotopic (exact) mass is 273 g/mol. The Bertz CT molecular complexity index is 238. The summed E-state index contributed by atoms with van der Waals surface area (Å²) in [4.78, 5) is 14.9. The predicted molar refractivity (Wildman–Crippen MR) is 65.0 cm³/mol. The fourth-order valence-electron chi connectivity index (χ4n) is 2.75. The van der Waals surface area contributed by atoms with E-state index < -0.39 is 0 Å². The molecule has 0 aromatic heterocycles. The number of likely N-dealkylation sites (tertiary alicyclic amines) is 1. The van der Waals surface area contributed by atoms with Gasteiger partial charge in [0.05, 0.1) is 0 Å². The molecule has 0 N–H and O–H groups in total. The summed E-state index contributed by atoms with van der Waals surface area (Å²) < 4.78 is 0. The van der Waals surface area contributed by atoms with E-state index in [9.17, 15) is 4.79 Å². The van der Waals surface area contributed by atoms with Gasteiger partial charge in [-0.25, -0.2) is 0 Å². The van der Waals surface area contributed by atoms with Crippen LogP contribution in [0.25, 0.3) is 0 Å². The molecule has 2 nitrogen and oxygen atoms in total. The fraction of sp³-hybridized carbons (Fsp3) is 0.917. The molecular weight excluding hydrogens is 254 g/mol. The number of nitrogens with zero attached hydrogens (tertiary/aromatic N) is 1. The Morgan fingerprint density at radius 1 is 1.27 bits per heavy atom. The van der Waals surface area contributed by atoms with Crippen molar-refractivity contribution in [2.45, 2.75) is 43.9 Å². The minimum absolute atomic E-state index is 0.351. The van der Waals surface area contributed by atoms with E-state index in [1.54, 1.807) is 0 Å². The van der Waals surface area contributed by atoms with Gasteiger partial charge in [-0.3, -0.25) is 4.79 Å². The van der Waals surface area contributed by atoms with Crippen LogP contribution in [-0.2, 0) is 4.79 Å². The Morgan fingerprint density at radius 2 is 1.93 bits per heavy atom. The van der Waals surface area contributed by atoms with Crippen LogP contribution in [0, 0.1) is 11.8 Å². The zero-order chi connectivity index (χ0) is 10.8. The van der Waals surface area contributed by atoms with Gasteiger partial charge in [0.1, 0.15) is 0 Å². The summed E-state index contributed by atoms with van der Waals surface area (Å²) in [6.07, 6.45) is 5.87. The first kappa shape index (κ1) is 11.4. The van der Waals surface area contributed by atoms with Gasteiger partial charge in [-0.1, -0.05) is 35.7 Å². The van der Waals surface area contributed by atoms with E-state index in [1.165, 1.54) is 12.8 Å². The van der Waals surface area contributed by atoms with Crippen LogP contribution >= 0.6 is 15.9 Å². The molecule has 3 heteroatoms. The van der Waals surface area contributed by atoms with E-state index in [-0.39, 0.29) is 0 Å². The minimum Gasteiger partial charge on any atom is -0.342 e. The van der Waals surface area contributed by atoms with E-state index >= 15 is 0 Å².